The van der Waals surface area contributed by atoms with Crippen LogP contribution >= 0.6 is 0 Å². The van der Waals surface area contributed by atoms with E-state index < -0.39 is 0 Å². The number of carbonyl (C=O) groups is 1. The van der Waals surface area contributed by atoms with Gasteiger partial charge in [-0.15, -0.1) is 0 Å². The molecule has 17 heavy (non-hydrogen) atoms. The molecule has 4 nitrogen and oxygen atoms in total. The van der Waals surface area contributed by atoms with E-state index in [-0.39, 0.29) is 12.0 Å². The Hall–Kier alpha value is -1.71. The van der Waals surface area contributed by atoms with E-state index in [9.17, 15) is 4.79 Å². The summed E-state index contributed by atoms with van der Waals surface area (Å²) >= 11 is 0. The predicted octanol–water partition coefficient (Wildman–Crippen LogP) is 1.98. The smallest absolute Gasteiger partial charge is 0.307 e. The summed E-state index contributed by atoms with van der Waals surface area (Å²) in [6.07, 6.45) is 1.27. The fourth-order valence-corrected chi connectivity index (χ4v) is 2.08. The van der Waals surface area contributed by atoms with Gasteiger partial charge in [0.1, 0.15) is 5.75 Å². The molecule has 0 aliphatic carbocycles. The van der Waals surface area contributed by atoms with Crippen LogP contribution in [0.1, 0.15) is 18.9 Å². The Bertz CT molecular complexity index is 417. The Morgan fingerprint density at radius 1 is 1.53 bits per heavy atom. The van der Waals surface area contributed by atoms with Crippen molar-refractivity contribution in [3.05, 3.63) is 23.8 Å². The van der Waals surface area contributed by atoms with Gasteiger partial charge in [-0.1, -0.05) is 6.07 Å². The van der Waals surface area contributed by atoms with Gasteiger partial charge in [0.25, 0.3) is 0 Å². The minimum Gasteiger partial charge on any atom is -0.497 e. The molecule has 0 fully saturated rings. The number of ether oxygens (including phenoxy) is 2. The van der Waals surface area contributed by atoms with Gasteiger partial charge in [-0.25, -0.2) is 0 Å². The number of rotatable bonds is 4. The highest BCUT2D eigenvalue weighted by atomic mass is 16.5. The van der Waals surface area contributed by atoms with Crippen molar-refractivity contribution in [3.63, 3.8) is 0 Å². The number of benzene rings is 1. The summed E-state index contributed by atoms with van der Waals surface area (Å²) in [5.74, 6) is 0.679. The second kappa shape index (κ2) is 5.08. The SMILES string of the molecule is CCOC(=O)CC1Cc2ccc(OC)cc2N1. The van der Waals surface area contributed by atoms with Crippen molar-refractivity contribution >= 4 is 11.7 Å². The molecule has 1 N–H and O–H groups in total. The molecule has 0 amide bonds. The monoisotopic (exact) mass is 235 g/mol. The lowest BCUT2D eigenvalue weighted by atomic mass is 10.1. The first-order valence-corrected chi connectivity index (χ1v) is 5.82. The zero-order valence-corrected chi connectivity index (χ0v) is 10.2. The third kappa shape index (κ3) is 2.70. The van der Waals surface area contributed by atoms with Crippen LogP contribution in [0.5, 0.6) is 5.75 Å². The molecule has 0 saturated heterocycles. The summed E-state index contributed by atoms with van der Waals surface area (Å²) in [6, 6.07) is 6.07. The largest absolute Gasteiger partial charge is 0.497 e. The molecule has 1 atom stereocenters. The van der Waals surface area contributed by atoms with Gasteiger partial charge in [-0.05, 0) is 25.0 Å². The molecule has 1 aromatic carbocycles. The number of hydrogen-bond donors (Lipinski definition) is 1. The van der Waals surface area contributed by atoms with Crippen LogP contribution < -0.4 is 10.1 Å². The van der Waals surface area contributed by atoms with E-state index in [2.05, 4.69) is 5.32 Å². The van der Waals surface area contributed by atoms with Gasteiger partial charge < -0.3 is 14.8 Å². The lowest BCUT2D eigenvalue weighted by Gasteiger charge is -2.10. The fraction of sp³-hybridized carbons (Fsp3) is 0.462. The topological polar surface area (TPSA) is 47.6 Å². The molecular formula is C13H17NO3. The van der Waals surface area contributed by atoms with Gasteiger partial charge in [-0.2, -0.15) is 0 Å². The van der Waals surface area contributed by atoms with Crippen molar-refractivity contribution < 1.29 is 14.3 Å². The van der Waals surface area contributed by atoms with Crippen molar-refractivity contribution in [3.8, 4) is 5.75 Å². The first-order valence-electron chi connectivity index (χ1n) is 5.82. The van der Waals surface area contributed by atoms with Crippen LogP contribution in [0.3, 0.4) is 0 Å². The second-order valence-corrected chi connectivity index (χ2v) is 4.08. The van der Waals surface area contributed by atoms with E-state index in [0.29, 0.717) is 13.0 Å². The van der Waals surface area contributed by atoms with E-state index in [4.69, 9.17) is 9.47 Å². The molecule has 0 saturated carbocycles. The number of esters is 1. The molecular weight excluding hydrogens is 218 g/mol. The highest BCUT2D eigenvalue weighted by molar-refractivity contribution is 5.72. The van der Waals surface area contributed by atoms with E-state index >= 15 is 0 Å². The first kappa shape index (κ1) is 11.8. The normalized spacial score (nSPS) is 17.2. The molecule has 4 heteroatoms. The van der Waals surface area contributed by atoms with E-state index in [1.165, 1.54) is 5.56 Å². The predicted molar refractivity (Wildman–Crippen MR) is 65.4 cm³/mol. The highest BCUT2D eigenvalue weighted by Gasteiger charge is 2.23. The van der Waals surface area contributed by atoms with Crippen LogP contribution in [0.25, 0.3) is 0 Å². The Morgan fingerprint density at radius 2 is 2.35 bits per heavy atom. The summed E-state index contributed by atoms with van der Waals surface area (Å²) in [6.45, 7) is 2.26. The van der Waals surface area contributed by atoms with Crippen molar-refractivity contribution in [2.45, 2.75) is 25.8 Å². The molecule has 92 valence electrons. The Morgan fingerprint density at radius 3 is 3.06 bits per heavy atom. The van der Waals surface area contributed by atoms with Gasteiger partial charge in [0, 0.05) is 17.8 Å². The quantitative estimate of drug-likeness (QED) is 0.811. The van der Waals surface area contributed by atoms with Gasteiger partial charge in [0.05, 0.1) is 20.1 Å². The van der Waals surface area contributed by atoms with Crippen molar-refractivity contribution in [1.29, 1.82) is 0 Å². The lowest BCUT2D eigenvalue weighted by Crippen LogP contribution is -2.21. The maximum atomic E-state index is 11.4. The van der Waals surface area contributed by atoms with Gasteiger partial charge >= 0.3 is 5.97 Å². The van der Waals surface area contributed by atoms with Crippen molar-refractivity contribution in [2.24, 2.45) is 0 Å². The van der Waals surface area contributed by atoms with Crippen molar-refractivity contribution in [2.75, 3.05) is 19.0 Å². The molecule has 2 rings (SSSR count). The standard InChI is InChI=1S/C13H17NO3/c1-3-17-13(15)7-10-6-9-4-5-11(16-2)8-12(9)14-10/h4-5,8,10,14H,3,6-7H2,1-2H3. The average molecular weight is 235 g/mol. The summed E-state index contributed by atoms with van der Waals surface area (Å²) in [4.78, 5) is 11.4. The Balaban J connectivity index is 1.98. The van der Waals surface area contributed by atoms with E-state index in [1.54, 1.807) is 7.11 Å². The second-order valence-electron chi connectivity index (χ2n) is 4.08. The first-order chi connectivity index (χ1) is 8.22. The number of nitrogens with one attached hydrogen (secondary N) is 1. The van der Waals surface area contributed by atoms with E-state index in [0.717, 1.165) is 17.9 Å². The number of fused-ring (bicyclic) bond motifs is 1. The van der Waals surface area contributed by atoms with E-state index in [1.807, 2.05) is 25.1 Å². The van der Waals surface area contributed by atoms with Crippen molar-refractivity contribution in [1.82, 2.24) is 0 Å². The van der Waals surface area contributed by atoms with Crippen LogP contribution in [0.4, 0.5) is 5.69 Å². The molecule has 0 spiro atoms. The number of methoxy groups -OCH3 is 1. The zero-order valence-electron chi connectivity index (χ0n) is 10.2. The highest BCUT2D eigenvalue weighted by Crippen LogP contribution is 2.30. The maximum absolute atomic E-state index is 11.4. The lowest BCUT2D eigenvalue weighted by molar-refractivity contribution is -0.143. The molecule has 0 radical (unpaired) electrons. The Labute approximate surface area is 101 Å². The maximum Gasteiger partial charge on any atom is 0.307 e. The minimum absolute atomic E-state index is 0.135. The molecule has 0 aromatic heterocycles. The fourth-order valence-electron chi connectivity index (χ4n) is 2.08. The molecule has 1 aliphatic rings. The third-order valence-electron chi connectivity index (χ3n) is 2.86. The summed E-state index contributed by atoms with van der Waals surface area (Å²) in [5, 5.41) is 3.32. The minimum atomic E-state index is -0.148. The number of carbonyl (C=O) groups excluding carboxylic acids is 1. The van der Waals surface area contributed by atoms with Crippen LogP contribution in [0, 0.1) is 0 Å². The van der Waals surface area contributed by atoms with Crippen LogP contribution in [0.15, 0.2) is 18.2 Å². The molecule has 1 unspecified atom stereocenters. The van der Waals surface area contributed by atoms with Gasteiger partial charge in [-0.3, -0.25) is 4.79 Å². The third-order valence-corrected chi connectivity index (χ3v) is 2.86. The molecule has 1 aromatic rings. The molecule has 0 bridgehead atoms. The van der Waals surface area contributed by atoms with Crippen LogP contribution in [0.2, 0.25) is 0 Å². The van der Waals surface area contributed by atoms with Gasteiger partial charge in [0.2, 0.25) is 0 Å². The average Bonchev–Trinajstić information content (AvgIpc) is 2.69. The summed E-state index contributed by atoms with van der Waals surface area (Å²) in [7, 11) is 1.65. The summed E-state index contributed by atoms with van der Waals surface area (Å²) < 4.78 is 10.1. The molecule has 1 heterocycles. The van der Waals surface area contributed by atoms with Gasteiger partial charge in [0.15, 0.2) is 0 Å². The molecule has 1 aliphatic heterocycles. The number of anilines is 1. The van der Waals surface area contributed by atoms with Crippen LogP contribution in [-0.2, 0) is 16.0 Å². The number of hydrogen-bond acceptors (Lipinski definition) is 4. The van der Waals surface area contributed by atoms with Crippen LogP contribution in [-0.4, -0.2) is 25.7 Å². The zero-order chi connectivity index (χ0) is 12.3. The Kier molecular flexibility index (Phi) is 3.52. The summed E-state index contributed by atoms with van der Waals surface area (Å²) in [5.41, 5.74) is 2.28.